The lowest BCUT2D eigenvalue weighted by atomic mass is 11.2. The number of hydrogen-bond acceptors (Lipinski definition) is 4. The van der Waals surface area contributed by atoms with Gasteiger partial charge in [0.15, 0.2) is 0 Å². The molecule has 0 aliphatic carbocycles. The summed E-state index contributed by atoms with van der Waals surface area (Å²) in [5.74, 6) is 4.64. The van der Waals surface area contributed by atoms with Crippen molar-refractivity contribution in [3.63, 3.8) is 0 Å². The Hall–Kier alpha value is -1.13. The van der Waals surface area contributed by atoms with Gasteiger partial charge < -0.3 is 10.6 Å². The van der Waals surface area contributed by atoms with Crippen molar-refractivity contribution in [2.45, 2.75) is 0 Å². The highest BCUT2D eigenvalue weighted by Crippen LogP contribution is 1.73. The van der Waals surface area contributed by atoms with Crippen LogP contribution in [-0.2, 0) is 4.74 Å². The van der Waals surface area contributed by atoms with Crippen LogP contribution in [0.2, 0.25) is 0 Å². The summed E-state index contributed by atoms with van der Waals surface area (Å²) >= 11 is 0. The van der Waals surface area contributed by atoms with Crippen LogP contribution in [0.3, 0.4) is 0 Å². The maximum atomic E-state index is 6.25. The Kier molecular flexibility index (Phi) is 2.58. The molecule has 0 rings (SSSR count). The largest absolute Gasteiger partial charge is 0.465 e. The lowest BCUT2D eigenvalue weighted by molar-refractivity contribution is 0.391. The van der Waals surface area contributed by atoms with Gasteiger partial charge in [0.1, 0.15) is 0 Å². The lowest BCUT2D eigenvalue weighted by Crippen LogP contribution is -1.98. The third-order valence-corrected chi connectivity index (χ3v) is 0.389. The topological polar surface area (TPSA) is 83.8 Å². The Morgan fingerprint density at radius 1 is 1.86 bits per heavy atom. The van der Waals surface area contributed by atoms with Crippen LogP contribution in [0.15, 0.2) is 10.2 Å². The number of nitrogens with zero attached hydrogens (tertiary/aromatic N) is 2. The van der Waals surface area contributed by atoms with Crippen LogP contribution in [0.25, 0.3) is 0 Å². The van der Waals surface area contributed by atoms with Crippen LogP contribution in [-0.4, -0.2) is 13.1 Å². The minimum atomic E-state index is -0.125. The number of hydrogen-bond donors (Lipinski definition) is 2. The highest BCUT2D eigenvalue weighted by molar-refractivity contribution is 5.72. The van der Waals surface area contributed by atoms with E-state index < -0.39 is 0 Å². The van der Waals surface area contributed by atoms with E-state index in [2.05, 4.69) is 20.8 Å². The van der Waals surface area contributed by atoms with Gasteiger partial charge in [0, 0.05) is 0 Å². The molecule has 0 aromatic heterocycles. The highest BCUT2D eigenvalue weighted by Gasteiger charge is 1.85. The van der Waals surface area contributed by atoms with E-state index in [1.807, 2.05) is 0 Å². The van der Waals surface area contributed by atoms with Crippen molar-refractivity contribution in [1.29, 1.82) is 5.53 Å². The average Bonchev–Trinajstić information content (AvgIpc) is 1.72. The quantitative estimate of drug-likeness (QED) is 0.147. The zero-order valence-electron chi connectivity index (χ0n) is 3.88. The molecule has 0 aromatic rings. The zero-order chi connectivity index (χ0) is 5.70. The predicted molar refractivity (Wildman–Crippen MR) is 23.8 cm³/mol. The second kappa shape index (κ2) is 3.08. The van der Waals surface area contributed by atoms with Gasteiger partial charge in [-0.15, -0.1) is 5.10 Å². The summed E-state index contributed by atoms with van der Waals surface area (Å²) in [5, 5.41) is 5.74. The van der Waals surface area contributed by atoms with Crippen molar-refractivity contribution in [3.8, 4) is 0 Å². The highest BCUT2D eigenvalue weighted by atomic mass is 16.5. The molecule has 0 unspecified atom stereocenters. The van der Waals surface area contributed by atoms with Crippen LogP contribution in [0, 0.1) is 5.53 Å². The van der Waals surface area contributed by atoms with Crippen molar-refractivity contribution in [2.24, 2.45) is 16.1 Å². The summed E-state index contributed by atoms with van der Waals surface area (Å²) in [5.41, 5.74) is 6.25. The van der Waals surface area contributed by atoms with Gasteiger partial charge >= 0.3 is 6.02 Å². The van der Waals surface area contributed by atoms with Crippen LogP contribution >= 0.6 is 0 Å². The van der Waals surface area contributed by atoms with E-state index in [1.54, 1.807) is 0 Å². The maximum absolute atomic E-state index is 6.25. The van der Waals surface area contributed by atoms with Crippen molar-refractivity contribution < 1.29 is 4.74 Å². The molecule has 0 saturated carbocycles. The van der Waals surface area contributed by atoms with Crippen LogP contribution in [0.1, 0.15) is 0 Å². The molecule has 0 bridgehead atoms. The fraction of sp³-hybridized carbons (Fsp3) is 0.500. The van der Waals surface area contributed by atoms with E-state index in [4.69, 9.17) is 5.53 Å². The molecule has 0 aliphatic rings. The molecule has 0 spiro atoms. The summed E-state index contributed by atoms with van der Waals surface area (Å²) in [6.07, 6.45) is 0. The van der Waals surface area contributed by atoms with Gasteiger partial charge in [0.05, 0.1) is 7.11 Å². The van der Waals surface area contributed by atoms with E-state index in [9.17, 15) is 0 Å². The van der Waals surface area contributed by atoms with Gasteiger partial charge in [-0.1, -0.05) is 5.11 Å². The third-order valence-electron chi connectivity index (χ3n) is 0.389. The first-order valence-electron chi connectivity index (χ1n) is 1.54. The SMILES string of the molecule is COC(N=N)=NN. The number of hydrazone groups is 1. The van der Waals surface area contributed by atoms with Gasteiger partial charge in [-0.3, -0.25) is 0 Å². The molecule has 5 nitrogen and oxygen atoms in total. The van der Waals surface area contributed by atoms with Crippen molar-refractivity contribution in [1.82, 2.24) is 0 Å². The molecule has 7 heavy (non-hydrogen) atoms. The Morgan fingerprint density at radius 2 is 2.43 bits per heavy atom. The van der Waals surface area contributed by atoms with E-state index in [1.165, 1.54) is 7.11 Å². The van der Waals surface area contributed by atoms with Crippen molar-refractivity contribution >= 4 is 6.02 Å². The molecule has 0 aromatic carbocycles. The first-order valence-corrected chi connectivity index (χ1v) is 1.54. The van der Waals surface area contributed by atoms with Crippen LogP contribution in [0.4, 0.5) is 0 Å². The fourth-order valence-corrected chi connectivity index (χ4v) is 0.127. The fourth-order valence-electron chi connectivity index (χ4n) is 0.127. The Morgan fingerprint density at radius 3 is 2.43 bits per heavy atom. The number of amidine groups is 1. The minimum absolute atomic E-state index is 0.125. The average molecular weight is 102 g/mol. The van der Waals surface area contributed by atoms with E-state index in [0.717, 1.165) is 0 Å². The van der Waals surface area contributed by atoms with E-state index in [-0.39, 0.29) is 6.02 Å². The maximum Gasteiger partial charge on any atom is 0.351 e. The van der Waals surface area contributed by atoms with Crippen LogP contribution in [0.5, 0.6) is 0 Å². The smallest absolute Gasteiger partial charge is 0.351 e. The Balaban J connectivity index is 3.60. The second-order valence-corrected chi connectivity index (χ2v) is 0.728. The second-order valence-electron chi connectivity index (χ2n) is 0.728. The number of ether oxygens (including phenoxy) is 1. The summed E-state index contributed by atoms with van der Waals surface area (Å²) in [4.78, 5) is 0. The summed E-state index contributed by atoms with van der Waals surface area (Å²) in [7, 11) is 1.34. The van der Waals surface area contributed by atoms with Crippen molar-refractivity contribution in [3.05, 3.63) is 0 Å². The predicted octanol–water partition coefficient (Wildman–Crippen LogP) is -0.107. The number of rotatable bonds is 0. The van der Waals surface area contributed by atoms with Gasteiger partial charge in [0.2, 0.25) is 0 Å². The minimum Gasteiger partial charge on any atom is -0.465 e. The van der Waals surface area contributed by atoms with Gasteiger partial charge in [0.25, 0.3) is 0 Å². The molecule has 40 valence electrons. The number of nitrogens with two attached hydrogens (primary N) is 1. The molecule has 0 heterocycles. The molecule has 0 atom stereocenters. The normalized spacial score (nSPS) is 10.7. The summed E-state index contributed by atoms with van der Waals surface area (Å²) < 4.78 is 4.32. The number of methoxy groups -OCH3 is 1. The van der Waals surface area contributed by atoms with Gasteiger partial charge in [-0.05, 0) is 0 Å². The van der Waals surface area contributed by atoms with E-state index >= 15 is 0 Å². The Bertz CT molecular complexity index is 87.7. The molecule has 0 amide bonds. The van der Waals surface area contributed by atoms with Crippen molar-refractivity contribution in [2.75, 3.05) is 7.11 Å². The molecule has 0 aliphatic heterocycles. The molecule has 0 saturated heterocycles. The molecule has 0 radical (unpaired) electrons. The molecular formula is C2H6N4O. The Labute approximate surface area is 40.7 Å². The third kappa shape index (κ3) is 1.69. The first kappa shape index (κ1) is 5.87. The molecular weight excluding hydrogens is 96.0 g/mol. The van der Waals surface area contributed by atoms with Gasteiger partial charge in [-0.2, -0.15) is 5.53 Å². The van der Waals surface area contributed by atoms with E-state index in [0.29, 0.717) is 0 Å². The first-order chi connectivity index (χ1) is 3.35. The number of nitrogens with one attached hydrogen (secondary N) is 1. The molecule has 0 fully saturated rings. The molecule has 5 heteroatoms. The lowest BCUT2D eigenvalue weighted by Gasteiger charge is -1.88. The zero-order valence-corrected chi connectivity index (χ0v) is 3.88. The van der Waals surface area contributed by atoms with Gasteiger partial charge in [-0.25, -0.2) is 0 Å². The van der Waals surface area contributed by atoms with Crippen LogP contribution < -0.4 is 5.84 Å². The molecule has 3 N–H and O–H groups in total. The standard InChI is InChI=1S/C2H6N4O/c1-7-2(5-3)6-4/h3H,4H2,1H3. The summed E-state index contributed by atoms with van der Waals surface area (Å²) in [6.45, 7) is 0. The summed E-state index contributed by atoms with van der Waals surface area (Å²) in [6, 6.07) is -0.125. The monoisotopic (exact) mass is 102 g/mol.